The quantitative estimate of drug-likeness (QED) is 0.513. The fourth-order valence-corrected chi connectivity index (χ4v) is 3.81. The number of hydrogen-bond donors (Lipinski definition) is 0. The number of likely N-dealkylation sites (N-methyl/N-ethyl adjacent to an activating group) is 1. The van der Waals surface area contributed by atoms with Crippen molar-refractivity contribution in [1.82, 2.24) is 14.5 Å². The molecule has 1 aromatic rings. The number of piperazine rings is 1. The van der Waals surface area contributed by atoms with Crippen molar-refractivity contribution in [2.45, 2.75) is 0 Å². The molecule has 0 saturated carbocycles. The Morgan fingerprint density at radius 2 is 1.80 bits per heavy atom. The Bertz CT molecular complexity index is 383. The Hall–Kier alpha value is -0.460. The van der Waals surface area contributed by atoms with Gasteiger partial charge in [0, 0.05) is 41.5 Å². The molecule has 1 saturated heterocycles. The normalized spacial score (nSPS) is 18.2. The van der Waals surface area contributed by atoms with Crippen LogP contribution in [0.25, 0.3) is 0 Å². The van der Waals surface area contributed by atoms with Gasteiger partial charge in [0.2, 0.25) is 0 Å². The van der Waals surface area contributed by atoms with Crippen LogP contribution in [0.2, 0.25) is 0 Å². The van der Waals surface area contributed by atoms with Crippen molar-refractivity contribution in [3.63, 3.8) is 0 Å². The SMILES string of the molecule is CN1CCN(c2nc(=[N+](C)C)ss2)CC1. The van der Waals surface area contributed by atoms with Crippen molar-refractivity contribution < 1.29 is 0 Å². The van der Waals surface area contributed by atoms with Crippen LogP contribution in [-0.4, -0.2) is 57.2 Å². The van der Waals surface area contributed by atoms with E-state index >= 15 is 0 Å². The third kappa shape index (κ3) is 2.56. The zero-order valence-corrected chi connectivity index (χ0v) is 11.1. The van der Waals surface area contributed by atoms with E-state index in [1.807, 2.05) is 14.1 Å². The third-order valence-electron chi connectivity index (χ3n) is 2.54. The predicted octanol–water partition coefficient (Wildman–Crippen LogP) is -0.0118. The van der Waals surface area contributed by atoms with Crippen LogP contribution in [0.5, 0.6) is 0 Å². The maximum Gasteiger partial charge on any atom is 0.390 e. The van der Waals surface area contributed by atoms with Gasteiger partial charge in [0.05, 0.1) is 14.1 Å². The van der Waals surface area contributed by atoms with E-state index in [1.54, 1.807) is 20.7 Å². The second kappa shape index (κ2) is 4.59. The highest BCUT2D eigenvalue weighted by Crippen LogP contribution is 2.19. The van der Waals surface area contributed by atoms with Gasteiger partial charge in [0.15, 0.2) is 0 Å². The molecule has 84 valence electrons. The Balaban J connectivity index is 2.13. The van der Waals surface area contributed by atoms with Gasteiger partial charge < -0.3 is 9.80 Å². The highest BCUT2D eigenvalue weighted by molar-refractivity contribution is 7.69. The van der Waals surface area contributed by atoms with Gasteiger partial charge in [-0.3, -0.25) is 4.58 Å². The maximum absolute atomic E-state index is 4.63. The Morgan fingerprint density at radius 1 is 1.13 bits per heavy atom. The summed E-state index contributed by atoms with van der Waals surface area (Å²) in [5.41, 5.74) is 0. The summed E-state index contributed by atoms with van der Waals surface area (Å²) >= 11 is 0. The minimum Gasteiger partial charge on any atom is -0.324 e. The van der Waals surface area contributed by atoms with E-state index in [0.717, 1.165) is 31.0 Å². The Kier molecular flexibility index (Phi) is 3.38. The van der Waals surface area contributed by atoms with Crippen molar-refractivity contribution in [2.24, 2.45) is 0 Å². The van der Waals surface area contributed by atoms with Crippen LogP contribution >= 0.6 is 20.7 Å². The molecular weight excluding hydrogens is 228 g/mol. The maximum atomic E-state index is 4.63. The van der Waals surface area contributed by atoms with Gasteiger partial charge in [0.25, 0.3) is 0 Å². The van der Waals surface area contributed by atoms with Gasteiger partial charge in [-0.1, -0.05) is 0 Å². The fourth-order valence-electron chi connectivity index (χ4n) is 1.49. The number of hydrogen-bond acceptors (Lipinski definition) is 5. The average molecular weight is 245 g/mol. The van der Waals surface area contributed by atoms with E-state index < -0.39 is 0 Å². The van der Waals surface area contributed by atoms with Crippen molar-refractivity contribution in [3.8, 4) is 0 Å². The molecule has 1 aliphatic heterocycles. The lowest BCUT2D eigenvalue weighted by Crippen LogP contribution is -2.44. The Morgan fingerprint density at radius 3 is 2.33 bits per heavy atom. The molecule has 0 aliphatic carbocycles. The molecule has 0 atom stereocenters. The topological polar surface area (TPSA) is 22.4 Å². The van der Waals surface area contributed by atoms with Gasteiger partial charge in [-0.05, 0) is 17.4 Å². The number of aromatic nitrogens is 1. The summed E-state index contributed by atoms with van der Waals surface area (Å²) in [5.74, 6) is 0. The van der Waals surface area contributed by atoms with Crippen LogP contribution < -0.4 is 14.3 Å². The van der Waals surface area contributed by atoms with Crippen molar-refractivity contribution >= 4 is 25.8 Å². The summed E-state index contributed by atoms with van der Waals surface area (Å²) in [7, 11) is 9.79. The highest BCUT2D eigenvalue weighted by atomic mass is 32.9. The minimum atomic E-state index is 1.10. The van der Waals surface area contributed by atoms with Crippen LogP contribution in [0, 0.1) is 0 Å². The highest BCUT2D eigenvalue weighted by Gasteiger charge is 2.20. The summed E-state index contributed by atoms with van der Waals surface area (Å²) in [6.07, 6.45) is 0. The lowest BCUT2D eigenvalue weighted by Gasteiger charge is -2.30. The van der Waals surface area contributed by atoms with Crippen molar-refractivity contribution in [3.05, 3.63) is 4.80 Å². The largest absolute Gasteiger partial charge is 0.390 e. The molecule has 0 bridgehead atoms. The molecule has 0 unspecified atom stereocenters. The minimum absolute atomic E-state index is 1.10. The lowest BCUT2D eigenvalue weighted by molar-refractivity contribution is 0.312. The molecular formula is C9H17N4S2+. The predicted molar refractivity (Wildman–Crippen MR) is 66.8 cm³/mol. The number of anilines is 1. The second-order valence-corrected chi connectivity index (χ2v) is 6.09. The van der Waals surface area contributed by atoms with Crippen LogP contribution in [0.3, 0.4) is 0 Å². The summed E-state index contributed by atoms with van der Waals surface area (Å²) in [6.45, 7) is 4.48. The van der Waals surface area contributed by atoms with E-state index in [0.29, 0.717) is 0 Å². The summed E-state index contributed by atoms with van der Waals surface area (Å²) in [4.78, 5) is 10.5. The molecule has 1 aromatic heterocycles. The lowest BCUT2D eigenvalue weighted by atomic mass is 10.3. The van der Waals surface area contributed by atoms with Crippen LogP contribution in [0.1, 0.15) is 0 Å². The molecule has 15 heavy (non-hydrogen) atoms. The number of rotatable bonds is 1. The first kappa shape index (κ1) is 11.0. The number of nitrogens with zero attached hydrogens (tertiary/aromatic N) is 4. The molecule has 0 spiro atoms. The van der Waals surface area contributed by atoms with Gasteiger partial charge in [-0.25, -0.2) is 0 Å². The monoisotopic (exact) mass is 245 g/mol. The zero-order chi connectivity index (χ0) is 10.8. The first-order valence-electron chi connectivity index (χ1n) is 5.08. The van der Waals surface area contributed by atoms with E-state index in [2.05, 4.69) is 26.4 Å². The summed E-state index contributed by atoms with van der Waals surface area (Å²) < 4.78 is 2.07. The fraction of sp³-hybridized carbons (Fsp3) is 0.778. The van der Waals surface area contributed by atoms with E-state index in [1.165, 1.54) is 5.13 Å². The van der Waals surface area contributed by atoms with Crippen molar-refractivity contribution in [2.75, 3.05) is 52.2 Å². The standard InChI is InChI=1S/C9H17N4S2/c1-11(2)8-10-9(15-14-8)13-6-4-12(3)5-7-13/h4-7H2,1-3H3/q+1. The molecule has 0 aromatic carbocycles. The molecule has 2 heterocycles. The Labute approximate surface area is 97.5 Å². The van der Waals surface area contributed by atoms with Gasteiger partial charge in [-0.15, -0.1) is 0 Å². The van der Waals surface area contributed by atoms with Gasteiger partial charge in [-0.2, -0.15) is 0 Å². The summed E-state index contributed by atoms with van der Waals surface area (Å²) in [5, 5.41) is 1.18. The van der Waals surface area contributed by atoms with Gasteiger partial charge >= 0.3 is 9.93 Å². The molecule has 0 radical (unpaired) electrons. The average Bonchev–Trinajstić information content (AvgIpc) is 2.68. The van der Waals surface area contributed by atoms with E-state index in [-0.39, 0.29) is 0 Å². The first-order valence-corrected chi connectivity index (χ1v) is 7.23. The zero-order valence-electron chi connectivity index (χ0n) is 9.43. The van der Waals surface area contributed by atoms with E-state index in [9.17, 15) is 0 Å². The molecule has 1 fully saturated rings. The van der Waals surface area contributed by atoms with Gasteiger partial charge in [0.1, 0.15) is 0 Å². The molecule has 6 heteroatoms. The van der Waals surface area contributed by atoms with E-state index in [4.69, 9.17) is 0 Å². The molecule has 2 rings (SSSR count). The summed E-state index contributed by atoms with van der Waals surface area (Å²) in [6, 6.07) is 0. The first-order chi connectivity index (χ1) is 7.16. The van der Waals surface area contributed by atoms with Crippen LogP contribution in [0.15, 0.2) is 0 Å². The molecule has 1 aliphatic rings. The molecule has 4 nitrogen and oxygen atoms in total. The smallest absolute Gasteiger partial charge is 0.324 e. The molecule has 0 N–H and O–H groups in total. The second-order valence-electron chi connectivity index (χ2n) is 4.03. The third-order valence-corrected chi connectivity index (χ3v) is 4.87. The van der Waals surface area contributed by atoms with Crippen LogP contribution in [-0.2, 0) is 0 Å². The van der Waals surface area contributed by atoms with Crippen molar-refractivity contribution in [1.29, 1.82) is 0 Å². The molecule has 0 amide bonds. The van der Waals surface area contributed by atoms with Crippen LogP contribution in [0.4, 0.5) is 5.13 Å².